The molecule has 0 saturated carbocycles. The molecule has 0 bridgehead atoms. The monoisotopic (exact) mass is 338 g/mol. The number of rotatable bonds is 2. The highest BCUT2D eigenvalue weighted by Crippen LogP contribution is 2.27. The minimum atomic E-state index is -3.21. The van der Waals surface area contributed by atoms with Crippen LogP contribution in [-0.2, 0) is 9.84 Å². The number of hydrogen-bond donors (Lipinski definition) is 2. The summed E-state index contributed by atoms with van der Waals surface area (Å²) in [5, 5.41) is 1.80. The van der Waals surface area contributed by atoms with E-state index in [-0.39, 0.29) is 5.56 Å². The van der Waals surface area contributed by atoms with E-state index in [1.165, 1.54) is 6.26 Å². The Bertz CT molecular complexity index is 1230. The highest BCUT2D eigenvalue weighted by molar-refractivity contribution is 7.90. The SMILES string of the molecule is CS(=O)(=O)c1ccc(-c2ccc3[nH]c(=O)c4[nH]ccc4c3c2)cc1. The molecule has 24 heavy (non-hydrogen) atoms. The first-order chi connectivity index (χ1) is 11.4. The minimum absolute atomic E-state index is 0.146. The van der Waals surface area contributed by atoms with E-state index < -0.39 is 9.84 Å². The topological polar surface area (TPSA) is 82.8 Å². The Kier molecular flexibility index (Phi) is 3.11. The Labute approximate surface area is 137 Å². The van der Waals surface area contributed by atoms with Gasteiger partial charge in [-0.3, -0.25) is 4.79 Å². The molecule has 0 unspecified atom stereocenters. The maximum Gasteiger partial charge on any atom is 0.272 e. The summed E-state index contributed by atoms with van der Waals surface area (Å²) in [6.45, 7) is 0. The molecule has 0 amide bonds. The smallest absolute Gasteiger partial charge is 0.272 e. The zero-order chi connectivity index (χ0) is 16.9. The van der Waals surface area contributed by atoms with Crippen molar-refractivity contribution in [2.45, 2.75) is 4.90 Å². The van der Waals surface area contributed by atoms with Gasteiger partial charge in [-0.2, -0.15) is 0 Å². The molecule has 0 aliphatic heterocycles. The van der Waals surface area contributed by atoms with Gasteiger partial charge in [-0.25, -0.2) is 8.42 Å². The zero-order valence-corrected chi connectivity index (χ0v) is 13.6. The van der Waals surface area contributed by atoms with Gasteiger partial charge in [0.25, 0.3) is 5.56 Å². The summed E-state index contributed by atoms with van der Waals surface area (Å²) >= 11 is 0. The Balaban J connectivity index is 1.91. The predicted octanol–water partition coefficient (Wildman–Crippen LogP) is 3.08. The van der Waals surface area contributed by atoms with Crippen molar-refractivity contribution in [3.05, 3.63) is 65.1 Å². The van der Waals surface area contributed by atoms with Crippen molar-refractivity contribution in [1.82, 2.24) is 9.97 Å². The summed E-state index contributed by atoms with van der Waals surface area (Å²) in [5.41, 5.74) is 3.04. The Morgan fingerprint density at radius 3 is 2.29 bits per heavy atom. The van der Waals surface area contributed by atoms with Gasteiger partial charge < -0.3 is 9.97 Å². The fraction of sp³-hybridized carbons (Fsp3) is 0.0556. The van der Waals surface area contributed by atoms with Gasteiger partial charge in [-0.1, -0.05) is 18.2 Å². The standard InChI is InChI=1S/C18H14N2O3S/c1-24(22,23)13-5-2-11(3-6-13)12-4-7-16-15(10-12)14-8-9-19-17(14)18(21)20-16/h2-10,19H,1H3,(H,20,21). The molecule has 0 radical (unpaired) electrons. The van der Waals surface area contributed by atoms with E-state index >= 15 is 0 Å². The van der Waals surface area contributed by atoms with Gasteiger partial charge in [0.05, 0.1) is 4.90 Å². The van der Waals surface area contributed by atoms with Crippen molar-refractivity contribution in [3.8, 4) is 11.1 Å². The fourth-order valence-corrected chi connectivity index (χ4v) is 3.55. The van der Waals surface area contributed by atoms with E-state index in [0.717, 1.165) is 27.4 Å². The van der Waals surface area contributed by atoms with Crippen molar-refractivity contribution in [2.75, 3.05) is 6.26 Å². The molecule has 2 heterocycles. The maximum absolute atomic E-state index is 12.0. The van der Waals surface area contributed by atoms with Gasteiger partial charge in [0.15, 0.2) is 9.84 Å². The molecule has 0 aliphatic carbocycles. The van der Waals surface area contributed by atoms with Crippen LogP contribution in [0, 0.1) is 0 Å². The van der Waals surface area contributed by atoms with Crippen LogP contribution < -0.4 is 5.56 Å². The molecule has 0 fully saturated rings. The van der Waals surface area contributed by atoms with Gasteiger partial charge >= 0.3 is 0 Å². The van der Waals surface area contributed by atoms with Crippen LogP contribution in [0.4, 0.5) is 0 Å². The lowest BCUT2D eigenvalue weighted by Gasteiger charge is -2.06. The number of H-pyrrole nitrogens is 2. The molecule has 2 N–H and O–H groups in total. The molecule has 4 rings (SSSR count). The van der Waals surface area contributed by atoms with E-state index in [1.54, 1.807) is 30.5 Å². The van der Waals surface area contributed by atoms with E-state index in [2.05, 4.69) is 9.97 Å². The first kappa shape index (κ1) is 14.7. The predicted molar refractivity (Wildman–Crippen MR) is 95.0 cm³/mol. The lowest BCUT2D eigenvalue weighted by molar-refractivity contribution is 0.602. The molecule has 0 atom stereocenters. The third-order valence-corrected chi connectivity index (χ3v) is 5.28. The lowest BCUT2D eigenvalue weighted by Crippen LogP contribution is -2.05. The van der Waals surface area contributed by atoms with E-state index in [4.69, 9.17) is 0 Å². The highest BCUT2D eigenvalue weighted by Gasteiger charge is 2.09. The number of aromatic amines is 2. The summed E-state index contributed by atoms with van der Waals surface area (Å²) < 4.78 is 23.1. The largest absolute Gasteiger partial charge is 0.357 e. The molecule has 0 spiro atoms. The van der Waals surface area contributed by atoms with Crippen molar-refractivity contribution in [3.63, 3.8) is 0 Å². The number of fused-ring (bicyclic) bond motifs is 3. The summed E-state index contributed by atoms with van der Waals surface area (Å²) in [6, 6.07) is 14.4. The molecular weight excluding hydrogens is 324 g/mol. The van der Waals surface area contributed by atoms with Crippen LogP contribution in [0.2, 0.25) is 0 Å². The van der Waals surface area contributed by atoms with Gasteiger partial charge in [0.2, 0.25) is 0 Å². The second-order valence-electron chi connectivity index (χ2n) is 5.78. The van der Waals surface area contributed by atoms with Gasteiger partial charge in [-0.05, 0) is 41.5 Å². The van der Waals surface area contributed by atoms with Gasteiger partial charge in [0, 0.05) is 28.7 Å². The van der Waals surface area contributed by atoms with Crippen LogP contribution in [0.1, 0.15) is 0 Å². The molecule has 5 nitrogen and oxygen atoms in total. The number of sulfone groups is 1. The molecular formula is C18H14N2O3S. The van der Waals surface area contributed by atoms with Crippen LogP contribution in [-0.4, -0.2) is 24.6 Å². The molecule has 2 aromatic carbocycles. The van der Waals surface area contributed by atoms with Crippen LogP contribution in [0.15, 0.2) is 64.4 Å². The molecule has 0 aliphatic rings. The second-order valence-corrected chi connectivity index (χ2v) is 7.79. The van der Waals surface area contributed by atoms with Crippen molar-refractivity contribution < 1.29 is 8.42 Å². The van der Waals surface area contributed by atoms with E-state index in [9.17, 15) is 13.2 Å². The summed E-state index contributed by atoms with van der Waals surface area (Å²) in [6.07, 6.45) is 2.93. The number of aromatic nitrogens is 2. The third kappa shape index (κ3) is 2.32. The third-order valence-electron chi connectivity index (χ3n) is 4.15. The Morgan fingerprint density at radius 2 is 1.58 bits per heavy atom. The van der Waals surface area contributed by atoms with Crippen LogP contribution in [0.3, 0.4) is 0 Å². The normalized spacial score (nSPS) is 12.0. The average Bonchev–Trinajstić information content (AvgIpc) is 3.05. The van der Waals surface area contributed by atoms with E-state index in [0.29, 0.717) is 10.4 Å². The van der Waals surface area contributed by atoms with E-state index in [1.807, 2.05) is 24.3 Å². The Morgan fingerprint density at radius 1 is 0.875 bits per heavy atom. The highest BCUT2D eigenvalue weighted by atomic mass is 32.2. The molecule has 0 saturated heterocycles. The molecule has 120 valence electrons. The lowest BCUT2D eigenvalue weighted by atomic mass is 10.0. The molecule has 4 aromatic rings. The van der Waals surface area contributed by atoms with Crippen LogP contribution in [0.25, 0.3) is 32.9 Å². The molecule has 6 heteroatoms. The summed E-state index contributed by atoms with van der Waals surface area (Å²) in [5.74, 6) is 0. The quantitative estimate of drug-likeness (QED) is 0.589. The van der Waals surface area contributed by atoms with Crippen LogP contribution >= 0.6 is 0 Å². The van der Waals surface area contributed by atoms with Crippen molar-refractivity contribution >= 4 is 31.6 Å². The van der Waals surface area contributed by atoms with Crippen molar-refractivity contribution in [1.29, 1.82) is 0 Å². The Hall–Kier alpha value is -2.86. The average molecular weight is 338 g/mol. The fourth-order valence-electron chi connectivity index (χ4n) is 2.92. The number of pyridine rings is 1. The summed E-state index contributed by atoms with van der Waals surface area (Å²) in [4.78, 5) is 18.1. The first-order valence-corrected chi connectivity index (χ1v) is 9.26. The number of benzene rings is 2. The van der Waals surface area contributed by atoms with Crippen molar-refractivity contribution in [2.24, 2.45) is 0 Å². The second kappa shape index (κ2) is 5.07. The summed E-state index contributed by atoms with van der Waals surface area (Å²) in [7, 11) is -3.21. The van der Waals surface area contributed by atoms with Crippen LogP contribution in [0.5, 0.6) is 0 Å². The first-order valence-electron chi connectivity index (χ1n) is 7.37. The maximum atomic E-state index is 12.0. The minimum Gasteiger partial charge on any atom is -0.357 e. The van der Waals surface area contributed by atoms with Gasteiger partial charge in [-0.15, -0.1) is 0 Å². The van der Waals surface area contributed by atoms with Gasteiger partial charge in [0.1, 0.15) is 5.52 Å². The number of nitrogens with one attached hydrogen (secondary N) is 2. The molecule has 2 aromatic heterocycles. The number of hydrogen-bond acceptors (Lipinski definition) is 3. The zero-order valence-electron chi connectivity index (χ0n) is 12.8.